The fourth-order valence-corrected chi connectivity index (χ4v) is 5.63. The van der Waals surface area contributed by atoms with E-state index in [2.05, 4.69) is 25.2 Å². The quantitative estimate of drug-likeness (QED) is 0.641. The van der Waals surface area contributed by atoms with Crippen molar-refractivity contribution in [2.75, 3.05) is 36.4 Å². The van der Waals surface area contributed by atoms with Crippen LogP contribution in [0.5, 0.6) is 0 Å². The highest BCUT2D eigenvalue weighted by Crippen LogP contribution is 2.45. The third-order valence-corrected chi connectivity index (χ3v) is 7.48. The highest BCUT2D eigenvalue weighted by molar-refractivity contribution is 6.06. The molecular formula is C24H26FN7O2. The van der Waals surface area contributed by atoms with Gasteiger partial charge in [-0.25, -0.2) is 19.3 Å². The van der Waals surface area contributed by atoms with Gasteiger partial charge < -0.3 is 19.7 Å². The number of imidazole rings is 1. The van der Waals surface area contributed by atoms with Crippen molar-refractivity contribution < 1.29 is 14.0 Å². The van der Waals surface area contributed by atoms with E-state index in [1.807, 2.05) is 31.2 Å². The van der Waals surface area contributed by atoms with Gasteiger partial charge in [0.1, 0.15) is 12.5 Å². The zero-order valence-corrected chi connectivity index (χ0v) is 19.0. The monoisotopic (exact) mass is 463 g/mol. The van der Waals surface area contributed by atoms with Gasteiger partial charge in [-0.3, -0.25) is 9.59 Å². The first kappa shape index (κ1) is 21.0. The van der Waals surface area contributed by atoms with Gasteiger partial charge in [0, 0.05) is 31.9 Å². The molecule has 2 aromatic heterocycles. The second-order valence-corrected chi connectivity index (χ2v) is 9.26. The Kier molecular flexibility index (Phi) is 4.79. The molecule has 1 aromatic carbocycles. The zero-order chi connectivity index (χ0) is 23.4. The van der Waals surface area contributed by atoms with Crippen molar-refractivity contribution in [1.29, 1.82) is 0 Å². The third kappa shape index (κ3) is 3.00. The van der Waals surface area contributed by atoms with Gasteiger partial charge in [0.2, 0.25) is 11.7 Å². The zero-order valence-electron chi connectivity index (χ0n) is 19.0. The maximum atomic E-state index is 13.7. The highest BCUT2D eigenvalue weighted by atomic mass is 19.1. The predicted octanol–water partition coefficient (Wildman–Crippen LogP) is 2.52. The minimum absolute atomic E-state index is 0.0566. The second-order valence-electron chi connectivity index (χ2n) is 9.26. The number of benzene rings is 1. The molecule has 1 spiro atoms. The number of nitrogens with one attached hydrogen (secondary N) is 1. The number of amides is 2. The van der Waals surface area contributed by atoms with Gasteiger partial charge in [-0.15, -0.1) is 0 Å². The Morgan fingerprint density at radius 1 is 1.21 bits per heavy atom. The van der Waals surface area contributed by atoms with Crippen LogP contribution < -0.4 is 10.2 Å². The number of carbonyl (C=O) groups is 2. The molecule has 1 atom stereocenters. The molecule has 1 N–H and O–H groups in total. The number of aryl methyl sites for hydroxylation is 1. The summed E-state index contributed by atoms with van der Waals surface area (Å²) in [4.78, 5) is 43.3. The lowest BCUT2D eigenvalue weighted by Crippen LogP contribution is -2.46. The molecule has 0 aliphatic carbocycles. The largest absolute Gasteiger partial charge is 0.355 e. The number of likely N-dealkylation sites (tertiary alicyclic amines) is 1. The van der Waals surface area contributed by atoms with Crippen LogP contribution in [-0.2, 0) is 16.8 Å². The molecule has 0 unspecified atom stereocenters. The Bertz CT molecular complexity index is 1300. The molecule has 0 bridgehead atoms. The number of rotatable bonds is 3. The SMILES string of the molecule is CCn1c(C(=O)N2CC[C@@H](F)C2)nc2c(N3CCC4(CC3)C(=O)Nc3ccccc34)ncnc21. The first-order chi connectivity index (χ1) is 16.5. The molecule has 0 saturated carbocycles. The summed E-state index contributed by atoms with van der Waals surface area (Å²) < 4.78 is 15.5. The molecule has 6 rings (SSSR count). The second kappa shape index (κ2) is 7.75. The molecule has 5 heterocycles. The standard InChI is InChI=1S/C24H26FN7O2/c1-2-32-20-18(29-21(32)22(33)31-10-7-15(25)13-31)19(26-14-27-20)30-11-8-24(9-12-30)16-5-3-4-6-17(16)28-23(24)34/h3-6,14-15H,2,7-13H2,1H3,(H,28,34)/t15-/m1/s1. The van der Waals surface area contributed by atoms with Crippen LogP contribution >= 0.6 is 0 Å². The lowest BCUT2D eigenvalue weighted by molar-refractivity contribution is -0.121. The molecule has 2 amide bonds. The van der Waals surface area contributed by atoms with Crippen LogP contribution in [0.15, 0.2) is 30.6 Å². The number of aromatic nitrogens is 4. The van der Waals surface area contributed by atoms with Gasteiger partial charge in [-0.05, 0) is 37.8 Å². The predicted molar refractivity (Wildman–Crippen MR) is 125 cm³/mol. The van der Waals surface area contributed by atoms with Crippen LogP contribution in [0.3, 0.4) is 0 Å². The molecule has 176 valence electrons. The number of para-hydroxylation sites is 1. The third-order valence-electron chi connectivity index (χ3n) is 7.48. The van der Waals surface area contributed by atoms with E-state index in [-0.39, 0.29) is 24.2 Å². The van der Waals surface area contributed by atoms with Crippen molar-refractivity contribution in [3.05, 3.63) is 42.0 Å². The molecule has 3 aliphatic heterocycles. The summed E-state index contributed by atoms with van der Waals surface area (Å²) in [6.45, 7) is 4.20. The van der Waals surface area contributed by atoms with Crippen LogP contribution in [-0.4, -0.2) is 68.6 Å². The van der Waals surface area contributed by atoms with Gasteiger partial charge in [0.15, 0.2) is 17.0 Å². The molecule has 10 heteroatoms. The Balaban J connectivity index is 1.32. The van der Waals surface area contributed by atoms with Crippen molar-refractivity contribution in [1.82, 2.24) is 24.4 Å². The van der Waals surface area contributed by atoms with E-state index in [9.17, 15) is 14.0 Å². The van der Waals surface area contributed by atoms with Crippen LogP contribution in [0.1, 0.15) is 42.4 Å². The van der Waals surface area contributed by atoms with E-state index in [0.717, 1.165) is 11.3 Å². The number of piperidine rings is 1. The molecule has 0 radical (unpaired) electrons. The van der Waals surface area contributed by atoms with Crippen molar-refractivity contribution in [2.45, 2.75) is 44.3 Å². The average molecular weight is 464 g/mol. The summed E-state index contributed by atoms with van der Waals surface area (Å²) in [6, 6.07) is 7.89. The van der Waals surface area contributed by atoms with Crippen LogP contribution in [0.4, 0.5) is 15.9 Å². The fraction of sp³-hybridized carbons (Fsp3) is 0.458. The molecule has 3 aliphatic rings. The van der Waals surface area contributed by atoms with E-state index in [4.69, 9.17) is 0 Å². The molecule has 9 nitrogen and oxygen atoms in total. The van der Waals surface area contributed by atoms with Crippen molar-refractivity contribution in [3.8, 4) is 0 Å². The van der Waals surface area contributed by atoms with E-state index >= 15 is 0 Å². The van der Waals surface area contributed by atoms with Gasteiger partial charge in [-0.1, -0.05) is 18.2 Å². The van der Waals surface area contributed by atoms with E-state index < -0.39 is 11.6 Å². The number of hydrogen-bond donors (Lipinski definition) is 1. The number of carbonyl (C=O) groups excluding carboxylic acids is 2. The number of halogens is 1. The summed E-state index contributed by atoms with van der Waals surface area (Å²) in [5, 5.41) is 3.04. The summed E-state index contributed by atoms with van der Waals surface area (Å²) in [7, 11) is 0. The van der Waals surface area contributed by atoms with Crippen molar-refractivity contribution in [3.63, 3.8) is 0 Å². The fourth-order valence-electron chi connectivity index (χ4n) is 5.63. The topological polar surface area (TPSA) is 96.2 Å². The van der Waals surface area contributed by atoms with Crippen LogP contribution in [0.25, 0.3) is 11.2 Å². The van der Waals surface area contributed by atoms with Gasteiger partial charge in [0.25, 0.3) is 5.91 Å². The maximum absolute atomic E-state index is 13.7. The summed E-state index contributed by atoms with van der Waals surface area (Å²) >= 11 is 0. The lowest BCUT2D eigenvalue weighted by atomic mass is 9.73. The lowest BCUT2D eigenvalue weighted by Gasteiger charge is -2.38. The molecule has 3 aromatic rings. The highest BCUT2D eigenvalue weighted by Gasteiger charge is 2.48. The smallest absolute Gasteiger partial charge is 0.290 e. The number of fused-ring (bicyclic) bond motifs is 3. The molecular weight excluding hydrogens is 437 g/mol. The Hall–Kier alpha value is -3.56. The van der Waals surface area contributed by atoms with Crippen molar-refractivity contribution in [2.24, 2.45) is 0 Å². The Morgan fingerprint density at radius 3 is 2.74 bits per heavy atom. The first-order valence-corrected chi connectivity index (χ1v) is 11.8. The van der Waals surface area contributed by atoms with Gasteiger partial charge in [0.05, 0.1) is 12.0 Å². The molecule has 2 fully saturated rings. The number of nitrogens with zero attached hydrogens (tertiary/aromatic N) is 6. The first-order valence-electron chi connectivity index (χ1n) is 11.8. The van der Waals surface area contributed by atoms with Gasteiger partial charge >= 0.3 is 0 Å². The maximum Gasteiger partial charge on any atom is 0.290 e. The van der Waals surface area contributed by atoms with E-state index in [0.29, 0.717) is 62.4 Å². The molecule has 2 saturated heterocycles. The Labute approximate surface area is 196 Å². The van der Waals surface area contributed by atoms with Crippen LogP contribution in [0.2, 0.25) is 0 Å². The minimum Gasteiger partial charge on any atom is -0.355 e. The number of anilines is 2. The van der Waals surface area contributed by atoms with E-state index in [1.54, 1.807) is 4.57 Å². The minimum atomic E-state index is -0.989. The summed E-state index contributed by atoms with van der Waals surface area (Å²) in [5.41, 5.74) is 2.59. The summed E-state index contributed by atoms with van der Waals surface area (Å²) in [5.74, 6) is 0.715. The van der Waals surface area contributed by atoms with E-state index in [1.165, 1.54) is 11.2 Å². The summed E-state index contributed by atoms with van der Waals surface area (Å²) in [6.07, 6.45) is 2.18. The van der Waals surface area contributed by atoms with Crippen molar-refractivity contribution >= 4 is 34.5 Å². The normalized spacial score (nSPS) is 21.4. The molecule has 34 heavy (non-hydrogen) atoms. The van der Waals surface area contributed by atoms with Crippen LogP contribution in [0, 0.1) is 0 Å². The number of hydrogen-bond acceptors (Lipinski definition) is 6. The Morgan fingerprint density at radius 2 is 2.00 bits per heavy atom. The average Bonchev–Trinajstić information content (AvgIpc) is 3.53. The number of alkyl halides is 1. The van der Waals surface area contributed by atoms with Gasteiger partial charge in [-0.2, -0.15) is 0 Å².